The van der Waals surface area contributed by atoms with Gasteiger partial charge in [0, 0.05) is 25.2 Å². The van der Waals surface area contributed by atoms with Crippen LogP contribution in [-0.2, 0) is 9.53 Å². The van der Waals surface area contributed by atoms with Crippen molar-refractivity contribution in [3.8, 4) is 0 Å². The molecule has 0 atom stereocenters. The predicted octanol–water partition coefficient (Wildman–Crippen LogP) is 2.79. The Morgan fingerprint density at radius 3 is 2.52 bits per heavy atom. The number of carbonyl (C=O) groups is 2. The van der Waals surface area contributed by atoms with Gasteiger partial charge in [-0.2, -0.15) is 0 Å². The number of rotatable bonds is 5. The molecule has 0 aliphatic carbocycles. The summed E-state index contributed by atoms with van der Waals surface area (Å²) in [5.41, 5.74) is 1.52. The second-order valence-corrected chi connectivity index (χ2v) is 6.20. The number of carbonyl (C=O) groups excluding carboxylic acids is 2. The van der Waals surface area contributed by atoms with E-state index in [0.29, 0.717) is 10.6 Å². The summed E-state index contributed by atoms with van der Waals surface area (Å²) in [5.74, 6) is -0.821. The van der Waals surface area contributed by atoms with Crippen LogP contribution in [0.25, 0.3) is 0 Å². The van der Waals surface area contributed by atoms with Crippen LogP contribution in [0, 0.1) is 6.92 Å². The van der Waals surface area contributed by atoms with E-state index in [-0.39, 0.29) is 12.5 Å². The molecule has 0 bridgehead atoms. The van der Waals surface area contributed by atoms with Crippen molar-refractivity contribution in [1.29, 1.82) is 0 Å². The largest absolute Gasteiger partial charge is 0.452 e. The van der Waals surface area contributed by atoms with Crippen molar-refractivity contribution in [3.05, 3.63) is 53.7 Å². The molecule has 23 heavy (non-hydrogen) atoms. The Morgan fingerprint density at radius 1 is 1.17 bits per heavy atom. The standard InChI is InChI=1S/C17H18N2O3S/c1-12-6-8-13(9-7-12)23-16-14(5-4-10-18-16)17(21)22-11-15(20)19(2)3/h4-10H,11H2,1-3H3. The van der Waals surface area contributed by atoms with Crippen LogP contribution < -0.4 is 0 Å². The van der Waals surface area contributed by atoms with Gasteiger partial charge >= 0.3 is 5.97 Å². The fraction of sp³-hybridized carbons (Fsp3) is 0.235. The fourth-order valence-electron chi connectivity index (χ4n) is 1.68. The maximum Gasteiger partial charge on any atom is 0.341 e. The van der Waals surface area contributed by atoms with Crippen molar-refractivity contribution < 1.29 is 14.3 Å². The number of hydrogen-bond acceptors (Lipinski definition) is 5. The van der Waals surface area contributed by atoms with Gasteiger partial charge in [-0.05, 0) is 31.2 Å². The molecule has 0 N–H and O–H groups in total. The molecule has 6 heteroatoms. The lowest BCUT2D eigenvalue weighted by atomic mass is 10.2. The molecule has 0 unspecified atom stereocenters. The summed E-state index contributed by atoms with van der Waals surface area (Å²) in [6, 6.07) is 11.3. The number of pyridine rings is 1. The van der Waals surface area contributed by atoms with Gasteiger partial charge in [0.15, 0.2) is 6.61 Å². The molecule has 0 fully saturated rings. The van der Waals surface area contributed by atoms with Crippen molar-refractivity contribution in [2.75, 3.05) is 20.7 Å². The maximum atomic E-state index is 12.2. The molecule has 5 nitrogen and oxygen atoms in total. The molecular weight excluding hydrogens is 312 g/mol. The first kappa shape index (κ1) is 17.0. The number of ether oxygens (including phenoxy) is 1. The lowest BCUT2D eigenvalue weighted by Crippen LogP contribution is -2.27. The second-order valence-electron chi connectivity index (χ2n) is 5.14. The number of likely N-dealkylation sites (N-methyl/N-ethyl adjacent to an activating group) is 1. The monoisotopic (exact) mass is 330 g/mol. The topological polar surface area (TPSA) is 59.5 Å². The van der Waals surface area contributed by atoms with Crippen LogP contribution in [0.4, 0.5) is 0 Å². The van der Waals surface area contributed by atoms with Crippen LogP contribution in [0.15, 0.2) is 52.5 Å². The summed E-state index contributed by atoms with van der Waals surface area (Å²) in [5, 5.41) is 0.554. The SMILES string of the molecule is Cc1ccc(Sc2ncccc2C(=O)OCC(=O)N(C)C)cc1. The van der Waals surface area contributed by atoms with Crippen LogP contribution in [0.3, 0.4) is 0 Å². The number of benzene rings is 1. The van der Waals surface area contributed by atoms with Crippen LogP contribution >= 0.6 is 11.8 Å². The average molecular weight is 330 g/mol. The van der Waals surface area contributed by atoms with Crippen LogP contribution in [-0.4, -0.2) is 42.5 Å². The molecule has 0 aliphatic rings. The van der Waals surface area contributed by atoms with Gasteiger partial charge in [0.2, 0.25) is 0 Å². The Hall–Kier alpha value is -2.34. The summed E-state index contributed by atoms with van der Waals surface area (Å²) in [6.45, 7) is 1.73. The molecule has 2 aromatic rings. The van der Waals surface area contributed by atoms with Crippen molar-refractivity contribution >= 4 is 23.6 Å². The van der Waals surface area contributed by atoms with Gasteiger partial charge in [-0.25, -0.2) is 9.78 Å². The highest BCUT2D eigenvalue weighted by Crippen LogP contribution is 2.29. The molecule has 0 aliphatic heterocycles. The van der Waals surface area contributed by atoms with Crippen molar-refractivity contribution in [1.82, 2.24) is 9.88 Å². The first-order chi connectivity index (χ1) is 11.0. The molecule has 2 rings (SSSR count). The number of hydrogen-bond donors (Lipinski definition) is 0. The Labute approximate surface area is 139 Å². The first-order valence-corrected chi connectivity index (χ1v) is 7.86. The zero-order valence-electron chi connectivity index (χ0n) is 13.3. The second kappa shape index (κ2) is 7.78. The maximum absolute atomic E-state index is 12.2. The van der Waals surface area contributed by atoms with E-state index in [2.05, 4.69) is 4.98 Å². The van der Waals surface area contributed by atoms with Gasteiger partial charge in [-0.1, -0.05) is 29.5 Å². The van der Waals surface area contributed by atoms with Crippen molar-refractivity contribution in [3.63, 3.8) is 0 Å². The molecule has 0 radical (unpaired) electrons. The number of aryl methyl sites for hydroxylation is 1. The fourth-order valence-corrected chi connectivity index (χ4v) is 2.55. The molecule has 1 amide bonds. The lowest BCUT2D eigenvalue weighted by Gasteiger charge is -2.11. The molecule has 1 aromatic heterocycles. The average Bonchev–Trinajstić information content (AvgIpc) is 2.54. The number of amides is 1. The van der Waals surface area contributed by atoms with Gasteiger partial charge in [0.25, 0.3) is 5.91 Å². The van der Waals surface area contributed by atoms with E-state index in [1.54, 1.807) is 32.4 Å². The van der Waals surface area contributed by atoms with E-state index in [4.69, 9.17) is 4.74 Å². The predicted molar refractivity (Wildman–Crippen MR) is 88.5 cm³/mol. The zero-order chi connectivity index (χ0) is 16.8. The summed E-state index contributed by atoms with van der Waals surface area (Å²) >= 11 is 1.38. The van der Waals surface area contributed by atoms with Gasteiger partial charge < -0.3 is 9.64 Å². The van der Waals surface area contributed by atoms with E-state index in [1.807, 2.05) is 31.2 Å². The van der Waals surface area contributed by atoms with Crippen molar-refractivity contribution in [2.24, 2.45) is 0 Å². The Bertz CT molecular complexity index is 699. The third kappa shape index (κ3) is 4.82. The minimum absolute atomic E-state index is 0.269. The highest BCUT2D eigenvalue weighted by molar-refractivity contribution is 7.99. The summed E-state index contributed by atoms with van der Waals surface area (Å²) in [7, 11) is 3.22. The minimum atomic E-state index is -0.553. The smallest absolute Gasteiger partial charge is 0.341 e. The summed E-state index contributed by atoms with van der Waals surface area (Å²) < 4.78 is 5.07. The molecule has 120 valence electrons. The lowest BCUT2D eigenvalue weighted by molar-refractivity contribution is -0.131. The molecule has 1 aromatic carbocycles. The normalized spacial score (nSPS) is 10.2. The Balaban J connectivity index is 2.12. The molecule has 1 heterocycles. The van der Waals surface area contributed by atoms with E-state index < -0.39 is 5.97 Å². The first-order valence-electron chi connectivity index (χ1n) is 7.04. The third-order valence-corrected chi connectivity index (χ3v) is 4.08. The van der Waals surface area contributed by atoms with Crippen LogP contribution in [0.1, 0.15) is 15.9 Å². The number of nitrogens with zero attached hydrogens (tertiary/aromatic N) is 2. The van der Waals surface area contributed by atoms with E-state index in [1.165, 1.54) is 16.7 Å². The van der Waals surface area contributed by atoms with E-state index in [9.17, 15) is 9.59 Å². The van der Waals surface area contributed by atoms with Gasteiger partial charge in [0.1, 0.15) is 5.03 Å². The third-order valence-electron chi connectivity index (χ3n) is 3.05. The van der Waals surface area contributed by atoms with Crippen molar-refractivity contribution in [2.45, 2.75) is 16.8 Å². The highest BCUT2D eigenvalue weighted by atomic mass is 32.2. The Kier molecular flexibility index (Phi) is 5.76. The Morgan fingerprint density at radius 2 is 1.87 bits per heavy atom. The van der Waals surface area contributed by atoms with E-state index >= 15 is 0 Å². The molecule has 0 saturated carbocycles. The van der Waals surface area contributed by atoms with Crippen LogP contribution in [0.5, 0.6) is 0 Å². The van der Waals surface area contributed by atoms with Gasteiger partial charge in [-0.3, -0.25) is 4.79 Å². The summed E-state index contributed by atoms with van der Waals surface area (Å²) in [4.78, 5) is 30.3. The highest BCUT2D eigenvalue weighted by Gasteiger charge is 2.16. The summed E-state index contributed by atoms with van der Waals surface area (Å²) in [6.07, 6.45) is 1.62. The number of esters is 1. The molecule has 0 saturated heterocycles. The molecule has 0 spiro atoms. The van der Waals surface area contributed by atoms with Crippen LogP contribution in [0.2, 0.25) is 0 Å². The quantitative estimate of drug-likeness (QED) is 0.789. The van der Waals surface area contributed by atoms with Gasteiger partial charge in [-0.15, -0.1) is 0 Å². The number of aromatic nitrogens is 1. The molecular formula is C17H18N2O3S. The zero-order valence-corrected chi connectivity index (χ0v) is 14.1. The van der Waals surface area contributed by atoms with Gasteiger partial charge in [0.05, 0.1) is 5.56 Å². The van der Waals surface area contributed by atoms with E-state index in [0.717, 1.165) is 10.5 Å². The minimum Gasteiger partial charge on any atom is -0.452 e.